The number of amides is 2. The van der Waals surface area contributed by atoms with Crippen molar-refractivity contribution in [3.05, 3.63) is 101 Å². The van der Waals surface area contributed by atoms with Gasteiger partial charge in [0.05, 0.1) is 0 Å². The molecular weight excluding hydrogens is 364 g/mol. The Morgan fingerprint density at radius 3 is 2.31 bits per heavy atom. The van der Waals surface area contributed by atoms with Gasteiger partial charge in [0.1, 0.15) is 12.4 Å². The molecule has 0 heterocycles. The Bertz CT molecular complexity index is 997. The lowest BCUT2D eigenvalue weighted by molar-refractivity contribution is 0.0945. The van der Waals surface area contributed by atoms with Crippen LogP contribution in [-0.4, -0.2) is 18.9 Å². The van der Waals surface area contributed by atoms with E-state index in [1.807, 2.05) is 43.3 Å². The maximum atomic E-state index is 12.5. The van der Waals surface area contributed by atoms with Gasteiger partial charge in [-0.2, -0.15) is 0 Å². The van der Waals surface area contributed by atoms with Crippen LogP contribution >= 0.6 is 0 Å². The van der Waals surface area contributed by atoms with Crippen molar-refractivity contribution < 1.29 is 14.3 Å². The minimum absolute atomic E-state index is 0.136. The highest BCUT2D eigenvalue weighted by atomic mass is 16.5. The first-order valence-electron chi connectivity index (χ1n) is 9.43. The van der Waals surface area contributed by atoms with E-state index in [1.165, 1.54) is 5.56 Å². The summed E-state index contributed by atoms with van der Waals surface area (Å²) in [5.41, 5.74) is 4.30. The second-order valence-corrected chi connectivity index (χ2v) is 6.76. The van der Waals surface area contributed by atoms with E-state index in [9.17, 15) is 9.59 Å². The summed E-state index contributed by atoms with van der Waals surface area (Å²) in [5, 5.41) is 5.47. The molecule has 3 rings (SSSR count). The highest BCUT2D eigenvalue weighted by molar-refractivity contribution is 5.95. The van der Waals surface area contributed by atoms with Gasteiger partial charge in [-0.25, -0.2) is 0 Å². The highest BCUT2D eigenvalue weighted by Crippen LogP contribution is 2.16. The predicted octanol–water partition coefficient (Wildman–Crippen LogP) is 3.86. The molecule has 148 valence electrons. The topological polar surface area (TPSA) is 67.4 Å². The monoisotopic (exact) mass is 388 g/mol. The van der Waals surface area contributed by atoms with Crippen molar-refractivity contribution in [2.24, 2.45) is 0 Å². The summed E-state index contributed by atoms with van der Waals surface area (Å²) < 4.78 is 5.83. The van der Waals surface area contributed by atoms with Gasteiger partial charge in [0.2, 0.25) is 0 Å². The zero-order chi connectivity index (χ0) is 20.6. The summed E-state index contributed by atoms with van der Waals surface area (Å²) in [5.74, 6) is 0.332. The summed E-state index contributed by atoms with van der Waals surface area (Å²) >= 11 is 0. The zero-order valence-electron chi connectivity index (χ0n) is 16.6. The minimum atomic E-state index is -0.179. The van der Waals surface area contributed by atoms with Crippen LogP contribution in [0.25, 0.3) is 0 Å². The van der Waals surface area contributed by atoms with E-state index in [-0.39, 0.29) is 11.8 Å². The van der Waals surface area contributed by atoms with E-state index in [4.69, 9.17) is 4.74 Å². The average molecular weight is 388 g/mol. The largest absolute Gasteiger partial charge is 0.489 e. The molecule has 0 saturated carbocycles. The van der Waals surface area contributed by atoms with Crippen molar-refractivity contribution >= 4 is 11.8 Å². The van der Waals surface area contributed by atoms with Crippen LogP contribution in [-0.2, 0) is 13.2 Å². The summed E-state index contributed by atoms with van der Waals surface area (Å²) in [6, 6.07) is 22.4. The molecule has 2 amide bonds. The fourth-order valence-electron chi connectivity index (χ4n) is 2.90. The average Bonchev–Trinajstić information content (AvgIpc) is 2.76. The molecule has 0 saturated heterocycles. The maximum Gasteiger partial charge on any atom is 0.251 e. The Balaban J connectivity index is 1.57. The van der Waals surface area contributed by atoms with Gasteiger partial charge in [0.15, 0.2) is 0 Å². The van der Waals surface area contributed by atoms with Crippen molar-refractivity contribution in [3.63, 3.8) is 0 Å². The first-order valence-corrected chi connectivity index (χ1v) is 9.43. The SMILES string of the molecule is CNC(=O)c1ccc(CNC(=O)c2cccc(OCc3cccc(C)c3)c2)cc1. The molecule has 0 radical (unpaired) electrons. The van der Waals surface area contributed by atoms with Crippen LogP contribution in [0.3, 0.4) is 0 Å². The standard InChI is InChI=1S/C24H24N2O3/c1-17-5-3-6-19(13-17)16-29-22-8-4-7-21(14-22)24(28)26-15-18-9-11-20(12-10-18)23(27)25-2/h3-14H,15-16H2,1-2H3,(H,25,27)(H,26,28). The quantitative estimate of drug-likeness (QED) is 0.646. The molecule has 29 heavy (non-hydrogen) atoms. The zero-order valence-corrected chi connectivity index (χ0v) is 16.6. The smallest absolute Gasteiger partial charge is 0.251 e. The fraction of sp³-hybridized carbons (Fsp3) is 0.167. The molecule has 0 atom stereocenters. The highest BCUT2D eigenvalue weighted by Gasteiger charge is 2.08. The van der Waals surface area contributed by atoms with Crippen LogP contribution in [0, 0.1) is 6.92 Å². The van der Waals surface area contributed by atoms with Gasteiger partial charge in [-0.3, -0.25) is 9.59 Å². The van der Waals surface area contributed by atoms with Crippen molar-refractivity contribution in [2.75, 3.05) is 7.05 Å². The van der Waals surface area contributed by atoms with E-state index < -0.39 is 0 Å². The van der Waals surface area contributed by atoms with Gasteiger partial charge < -0.3 is 15.4 Å². The Morgan fingerprint density at radius 1 is 0.828 bits per heavy atom. The molecule has 0 aliphatic carbocycles. The first kappa shape index (κ1) is 20.1. The molecule has 0 aromatic heterocycles. The Morgan fingerprint density at radius 2 is 1.59 bits per heavy atom. The minimum Gasteiger partial charge on any atom is -0.489 e. The normalized spacial score (nSPS) is 10.3. The second-order valence-electron chi connectivity index (χ2n) is 6.76. The lowest BCUT2D eigenvalue weighted by atomic mass is 10.1. The van der Waals surface area contributed by atoms with E-state index in [0.717, 1.165) is 11.1 Å². The van der Waals surface area contributed by atoms with Crippen LogP contribution in [0.4, 0.5) is 0 Å². The summed E-state index contributed by atoms with van der Waals surface area (Å²) in [4.78, 5) is 24.1. The van der Waals surface area contributed by atoms with Gasteiger partial charge in [-0.15, -0.1) is 0 Å². The molecule has 3 aromatic rings. The number of carbonyl (C=O) groups is 2. The fourth-order valence-corrected chi connectivity index (χ4v) is 2.90. The second kappa shape index (κ2) is 9.55. The van der Waals surface area contributed by atoms with Crippen LogP contribution in [0.5, 0.6) is 5.75 Å². The molecule has 2 N–H and O–H groups in total. The van der Waals surface area contributed by atoms with Crippen LogP contribution in [0.1, 0.15) is 37.4 Å². The van der Waals surface area contributed by atoms with Gasteiger partial charge >= 0.3 is 0 Å². The predicted molar refractivity (Wildman–Crippen MR) is 113 cm³/mol. The molecule has 5 nitrogen and oxygen atoms in total. The lowest BCUT2D eigenvalue weighted by Gasteiger charge is -2.10. The molecule has 0 aliphatic heterocycles. The third kappa shape index (κ3) is 5.69. The number of nitrogens with one attached hydrogen (secondary N) is 2. The summed E-state index contributed by atoms with van der Waals surface area (Å²) in [7, 11) is 1.59. The number of carbonyl (C=O) groups excluding carboxylic acids is 2. The molecule has 0 fully saturated rings. The lowest BCUT2D eigenvalue weighted by Crippen LogP contribution is -2.23. The van der Waals surface area contributed by atoms with E-state index in [1.54, 1.807) is 37.4 Å². The number of hydrogen-bond donors (Lipinski definition) is 2. The third-order valence-electron chi connectivity index (χ3n) is 4.48. The Kier molecular flexibility index (Phi) is 6.63. The number of hydrogen-bond acceptors (Lipinski definition) is 3. The van der Waals surface area contributed by atoms with Crippen LogP contribution in [0.15, 0.2) is 72.8 Å². The van der Waals surface area contributed by atoms with Crippen LogP contribution < -0.4 is 15.4 Å². The van der Waals surface area contributed by atoms with Gasteiger partial charge in [-0.05, 0) is 48.4 Å². The van der Waals surface area contributed by atoms with Crippen molar-refractivity contribution in [3.8, 4) is 5.75 Å². The van der Waals surface area contributed by atoms with Gasteiger partial charge in [0, 0.05) is 24.7 Å². The van der Waals surface area contributed by atoms with Crippen molar-refractivity contribution in [1.82, 2.24) is 10.6 Å². The molecule has 3 aromatic carbocycles. The first-order chi connectivity index (χ1) is 14.0. The number of rotatable bonds is 7. The van der Waals surface area contributed by atoms with E-state index in [0.29, 0.717) is 30.0 Å². The number of benzene rings is 3. The Hall–Kier alpha value is -3.60. The molecular formula is C24H24N2O3. The molecule has 5 heteroatoms. The number of ether oxygens (including phenoxy) is 1. The van der Waals surface area contributed by atoms with Crippen molar-refractivity contribution in [1.29, 1.82) is 0 Å². The van der Waals surface area contributed by atoms with Gasteiger partial charge in [0.25, 0.3) is 11.8 Å². The van der Waals surface area contributed by atoms with E-state index >= 15 is 0 Å². The van der Waals surface area contributed by atoms with Gasteiger partial charge in [-0.1, -0.05) is 48.0 Å². The summed E-state index contributed by atoms with van der Waals surface area (Å²) in [6.45, 7) is 2.87. The molecule has 0 bridgehead atoms. The van der Waals surface area contributed by atoms with Crippen LogP contribution in [0.2, 0.25) is 0 Å². The van der Waals surface area contributed by atoms with E-state index in [2.05, 4.69) is 16.7 Å². The Labute approximate surface area is 170 Å². The third-order valence-corrected chi connectivity index (χ3v) is 4.48. The molecule has 0 unspecified atom stereocenters. The maximum absolute atomic E-state index is 12.5. The van der Waals surface area contributed by atoms with Crippen molar-refractivity contribution in [2.45, 2.75) is 20.1 Å². The molecule has 0 aliphatic rings. The molecule has 0 spiro atoms. The number of aryl methyl sites for hydroxylation is 1. The summed E-state index contributed by atoms with van der Waals surface area (Å²) in [6.07, 6.45) is 0.